The largest absolute Gasteiger partial charge is 0.444 e. The van der Waals surface area contributed by atoms with E-state index in [4.69, 9.17) is 4.74 Å². The number of carbonyl (C=O) groups excluding carboxylic acids is 2. The molecule has 1 aromatic carbocycles. The van der Waals surface area contributed by atoms with Crippen molar-refractivity contribution in [2.75, 3.05) is 23.3 Å². The van der Waals surface area contributed by atoms with Crippen LogP contribution in [0.5, 0.6) is 0 Å². The Morgan fingerprint density at radius 2 is 1.79 bits per heavy atom. The summed E-state index contributed by atoms with van der Waals surface area (Å²) in [6.07, 6.45) is -0.473. The van der Waals surface area contributed by atoms with Gasteiger partial charge in [-0.15, -0.1) is 0 Å². The number of amides is 1. The molecule has 1 saturated heterocycles. The molecule has 0 radical (unpaired) electrons. The summed E-state index contributed by atoms with van der Waals surface area (Å²) in [7, 11) is 0. The lowest BCUT2D eigenvalue weighted by molar-refractivity contribution is -0.119. The average molecular weight is 262 g/mol. The molecule has 1 heterocycles. The molecule has 0 atom stereocenters. The Balaban J connectivity index is 1.92. The number of benzene rings is 1. The molecule has 0 saturated carbocycles. The van der Waals surface area contributed by atoms with E-state index in [2.05, 4.69) is 5.32 Å². The second-order valence-corrected chi connectivity index (χ2v) is 5.57. The summed E-state index contributed by atoms with van der Waals surface area (Å²) in [5, 5.41) is 2.66. The molecule has 0 aromatic heterocycles. The van der Waals surface area contributed by atoms with Gasteiger partial charge in [0, 0.05) is 11.4 Å². The van der Waals surface area contributed by atoms with Crippen LogP contribution in [0.2, 0.25) is 0 Å². The quantitative estimate of drug-likeness (QED) is 0.889. The van der Waals surface area contributed by atoms with Gasteiger partial charge in [0.1, 0.15) is 5.60 Å². The van der Waals surface area contributed by atoms with E-state index in [9.17, 15) is 9.59 Å². The Morgan fingerprint density at radius 1 is 1.21 bits per heavy atom. The molecule has 19 heavy (non-hydrogen) atoms. The molecule has 0 spiro atoms. The summed E-state index contributed by atoms with van der Waals surface area (Å²) in [6, 6.07) is 7.34. The van der Waals surface area contributed by atoms with Crippen molar-refractivity contribution in [1.82, 2.24) is 0 Å². The maximum Gasteiger partial charge on any atom is 0.412 e. The van der Waals surface area contributed by atoms with Crippen molar-refractivity contribution in [3.63, 3.8) is 0 Å². The van der Waals surface area contributed by atoms with E-state index in [-0.39, 0.29) is 5.78 Å². The molecule has 1 aromatic rings. The minimum absolute atomic E-state index is 0.246. The van der Waals surface area contributed by atoms with Crippen LogP contribution in [0, 0.1) is 0 Å². The van der Waals surface area contributed by atoms with Crippen molar-refractivity contribution in [3.05, 3.63) is 24.3 Å². The monoisotopic (exact) mass is 262 g/mol. The van der Waals surface area contributed by atoms with Crippen LogP contribution < -0.4 is 10.2 Å². The molecule has 5 nitrogen and oxygen atoms in total. The average Bonchev–Trinajstić information content (AvgIpc) is 2.23. The van der Waals surface area contributed by atoms with E-state index in [1.165, 1.54) is 0 Å². The fourth-order valence-electron chi connectivity index (χ4n) is 1.74. The van der Waals surface area contributed by atoms with Crippen LogP contribution in [0.1, 0.15) is 20.8 Å². The summed E-state index contributed by atoms with van der Waals surface area (Å²) >= 11 is 0. The highest BCUT2D eigenvalue weighted by Gasteiger charge is 2.23. The zero-order chi connectivity index (χ0) is 14.0. The van der Waals surface area contributed by atoms with Crippen LogP contribution in [0.15, 0.2) is 24.3 Å². The van der Waals surface area contributed by atoms with Gasteiger partial charge in [-0.3, -0.25) is 10.1 Å². The van der Waals surface area contributed by atoms with Gasteiger partial charge in [0.25, 0.3) is 0 Å². The van der Waals surface area contributed by atoms with Crippen molar-refractivity contribution in [2.24, 2.45) is 0 Å². The lowest BCUT2D eigenvalue weighted by atomic mass is 10.1. The second kappa shape index (κ2) is 4.91. The summed E-state index contributed by atoms with van der Waals surface area (Å²) < 4.78 is 5.16. The third kappa shape index (κ3) is 3.71. The van der Waals surface area contributed by atoms with Gasteiger partial charge in [0.2, 0.25) is 0 Å². The first-order valence-electron chi connectivity index (χ1n) is 6.20. The van der Waals surface area contributed by atoms with Gasteiger partial charge in [-0.05, 0) is 45.0 Å². The predicted molar refractivity (Wildman–Crippen MR) is 73.5 cm³/mol. The molecule has 0 aliphatic carbocycles. The minimum Gasteiger partial charge on any atom is -0.444 e. The number of hydrogen-bond donors (Lipinski definition) is 1. The van der Waals surface area contributed by atoms with Gasteiger partial charge in [0.15, 0.2) is 5.78 Å². The fraction of sp³-hybridized carbons (Fsp3) is 0.429. The molecular weight excluding hydrogens is 244 g/mol. The SMILES string of the molecule is CC(C)(C)OC(=O)Nc1ccc(N2CC(=O)C2)cc1. The topological polar surface area (TPSA) is 58.6 Å². The minimum atomic E-state index is -0.512. The van der Waals surface area contributed by atoms with Crippen molar-refractivity contribution < 1.29 is 14.3 Å². The summed E-state index contributed by atoms with van der Waals surface area (Å²) in [4.78, 5) is 24.5. The third-order valence-corrected chi connectivity index (χ3v) is 2.61. The molecule has 102 valence electrons. The molecule has 0 bridgehead atoms. The van der Waals surface area contributed by atoms with E-state index in [0.29, 0.717) is 18.8 Å². The predicted octanol–water partition coefficient (Wildman–Crippen LogP) is 2.42. The number of Topliss-reactive ketones (excluding diaryl/α,β-unsaturated/α-hetero) is 1. The molecular formula is C14H18N2O3. The van der Waals surface area contributed by atoms with E-state index in [1.807, 2.05) is 37.8 Å². The lowest BCUT2D eigenvalue weighted by Crippen LogP contribution is -2.47. The van der Waals surface area contributed by atoms with Crippen LogP contribution in [-0.4, -0.2) is 30.6 Å². The highest BCUT2D eigenvalue weighted by molar-refractivity contribution is 5.95. The molecule has 1 aliphatic heterocycles. The number of ketones is 1. The zero-order valence-corrected chi connectivity index (χ0v) is 11.4. The van der Waals surface area contributed by atoms with Crippen LogP contribution in [0.25, 0.3) is 0 Å². The van der Waals surface area contributed by atoms with Crippen LogP contribution in [0.4, 0.5) is 16.2 Å². The molecule has 1 N–H and O–H groups in total. The zero-order valence-electron chi connectivity index (χ0n) is 11.4. The number of carbonyl (C=O) groups is 2. The summed E-state index contributed by atoms with van der Waals surface area (Å²) in [5.74, 6) is 0.246. The van der Waals surface area contributed by atoms with Crippen LogP contribution in [-0.2, 0) is 9.53 Å². The number of nitrogens with zero attached hydrogens (tertiary/aromatic N) is 1. The van der Waals surface area contributed by atoms with Gasteiger partial charge < -0.3 is 9.64 Å². The van der Waals surface area contributed by atoms with E-state index >= 15 is 0 Å². The lowest BCUT2D eigenvalue weighted by Gasteiger charge is -2.31. The van der Waals surface area contributed by atoms with Gasteiger partial charge in [-0.2, -0.15) is 0 Å². The molecule has 1 aliphatic rings. The molecule has 1 fully saturated rings. The van der Waals surface area contributed by atoms with Crippen LogP contribution >= 0.6 is 0 Å². The Labute approximate surface area is 112 Å². The van der Waals surface area contributed by atoms with Crippen molar-refractivity contribution in [3.8, 4) is 0 Å². The smallest absolute Gasteiger partial charge is 0.412 e. The van der Waals surface area contributed by atoms with Crippen molar-refractivity contribution in [2.45, 2.75) is 26.4 Å². The number of rotatable bonds is 2. The first-order valence-corrected chi connectivity index (χ1v) is 6.20. The molecule has 5 heteroatoms. The number of anilines is 2. The molecule has 2 rings (SSSR count). The highest BCUT2D eigenvalue weighted by Crippen LogP contribution is 2.21. The van der Waals surface area contributed by atoms with Crippen LogP contribution in [0.3, 0.4) is 0 Å². The van der Waals surface area contributed by atoms with Gasteiger partial charge >= 0.3 is 6.09 Å². The maximum absolute atomic E-state index is 11.6. The van der Waals surface area contributed by atoms with E-state index in [0.717, 1.165) is 5.69 Å². The van der Waals surface area contributed by atoms with Gasteiger partial charge in [-0.1, -0.05) is 0 Å². The Bertz CT molecular complexity index is 480. The maximum atomic E-state index is 11.6. The number of ether oxygens (including phenoxy) is 1. The highest BCUT2D eigenvalue weighted by atomic mass is 16.6. The Hall–Kier alpha value is -2.04. The molecule has 0 unspecified atom stereocenters. The fourth-order valence-corrected chi connectivity index (χ4v) is 1.74. The summed E-state index contributed by atoms with van der Waals surface area (Å²) in [5.41, 5.74) is 1.14. The first-order chi connectivity index (χ1) is 8.83. The number of hydrogen-bond acceptors (Lipinski definition) is 4. The van der Waals surface area contributed by atoms with Gasteiger partial charge in [0.05, 0.1) is 13.1 Å². The normalized spacial score (nSPS) is 14.9. The standard InChI is InChI=1S/C14H18N2O3/c1-14(2,3)19-13(18)15-10-4-6-11(7-5-10)16-8-12(17)9-16/h4-7H,8-9H2,1-3H3,(H,15,18). The van der Waals surface area contributed by atoms with Crippen molar-refractivity contribution >= 4 is 23.3 Å². The van der Waals surface area contributed by atoms with E-state index < -0.39 is 11.7 Å². The van der Waals surface area contributed by atoms with E-state index in [1.54, 1.807) is 12.1 Å². The Kier molecular flexibility index (Phi) is 3.46. The van der Waals surface area contributed by atoms with Crippen molar-refractivity contribution in [1.29, 1.82) is 0 Å². The van der Waals surface area contributed by atoms with Gasteiger partial charge in [-0.25, -0.2) is 4.79 Å². The molecule has 1 amide bonds. The summed E-state index contributed by atoms with van der Waals surface area (Å²) in [6.45, 7) is 6.39. The second-order valence-electron chi connectivity index (χ2n) is 5.57. The Morgan fingerprint density at radius 3 is 2.26 bits per heavy atom. The number of nitrogens with one attached hydrogen (secondary N) is 1. The third-order valence-electron chi connectivity index (χ3n) is 2.61. The first kappa shape index (κ1) is 13.4.